The smallest absolute Gasteiger partial charge is 0.105 e. The fourth-order valence-electron chi connectivity index (χ4n) is 2.34. The molecule has 0 saturated carbocycles. The number of nitrogens with zero attached hydrogens (tertiary/aromatic N) is 4. The van der Waals surface area contributed by atoms with Gasteiger partial charge in [0, 0.05) is 46.0 Å². The lowest BCUT2D eigenvalue weighted by molar-refractivity contribution is 0.113. The first kappa shape index (κ1) is 12.5. The number of aromatic nitrogens is 2. The molecule has 96 valence electrons. The van der Waals surface area contributed by atoms with Crippen LogP contribution in [-0.2, 0) is 7.05 Å². The fraction of sp³-hybridized carbons (Fsp3) is 0.750. The molecule has 0 amide bonds. The van der Waals surface area contributed by atoms with E-state index < -0.39 is 0 Å². The largest absolute Gasteiger partial charge is 0.338 e. The number of likely N-dealkylation sites (N-methyl/N-ethyl adjacent to an activating group) is 1. The minimum absolute atomic E-state index is 0.267. The molecule has 5 heteroatoms. The summed E-state index contributed by atoms with van der Waals surface area (Å²) >= 11 is 0. The molecule has 1 saturated heterocycles. The van der Waals surface area contributed by atoms with E-state index in [1.165, 1.54) is 0 Å². The highest BCUT2D eigenvalue weighted by Crippen LogP contribution is 2.20. The third-order valence-electron chi connectivity index (χ3n) is 3.67. The maximum Gasteiger partial charge on any atom is 0.105 e. The lowest BCUT2D eigenvalue weighted by Gasteiger charge is -2.36. The summed E-state index contributed by atoms with van der Waals surface area (Å²) in [6, 6.07) is 0.267. The highest BCUT2D eigenvalue weighted by Gasteiger charge is 2.24. The first-order valence-corrected chi connectivity index (χ1v) is 6.24. The maximum absolute atomic E-state index is 5.93. The van der Waals surface area contributed by atoms with Gasteiger partial charge in [-0.3, -0.25) is 4.90 Å². The van der Waals surface area contributed by atoms with Crippen LogP contribution in [0.4, 0.5) is 0 Å². The molecule has 2 rings (SSSR count). The summed E-state index contributed by atoms with van der Waals surface area (Å²) in [5, 5.41) is 0. The standard InChI is InChI=1S/C12H23N5/c1-10-14-11(9-16(10)3)12(8-13)17-6-4-15(2)5-7-17/h9,12H,4-8,13H2,1-3H3. The molecule has 0 spiro atoms. The molecule has 1 unspecified atom stereocenters. The Kier molecular flexibility index (Phi) is 3.81. The lowest BCUT2D eigenvalue weighted by Crippen LogP contribution is -2.47. The van der Waals surface area contributed by atoms with Crippen molar-refractivity contribution in [1.82, 2.24) is 19.4 Å². The van der Waals surface area contributed by atoms with Crippen molar-refractivity contribution < 1.29 is 0 Å². The summed E-state index contributed by atoms with van der Waals surface area (Å²) in [4.78, 5) is 9.40. The molecule has 0 radical (unpaired) electrons. The molecule has 2 N–H and O–H groups in total. The van der Waals surface area contributed by atoms with Crippen molar-refractivity contribution in [2.45, 2.75) is 13.0 Å². The number of hydrogen-bond acceptors (Lipinski definition) is 4. The van der Waals surface area contributed by atoms with E-state index in [0.717, 1.165) is 37.7 Å². The summed E-state index contributed by atoms with van der Waals surface area (Å²) in [5.74, 6) is 1.05. The van der Waals surface area contributed by atoms with E-state index in [0.29, 0.717) is 6.54 Å². The minimum atomic E-state index is 0.267. The fourth-order valence-corrected chi connectivity index (χ4v) is 2.34. The molecular formula is C12H23N5. The summed E-state index contributed by atoms with van der Waals surface area (Å²) in [6.45, 7) is 7.05. The Morgan fingerprint density at radius 1 is 1.29 bits per heavy atom. The minimum Gasteiger partial charge on any atom is -0.338 e. The average molecular weight is 237 g/mol. The van der Waals surface area contributed by atoms with Gasteiger partial charge in [0.05, 0.1) is 11.7 Å². The van der Waals surface area contributed by atoms with Gasteiger partial charge in [-0.15, -0.1) is 0 Å². The predicted molar refractivity (Wildman–Crippen MR) is 68.8 cm³/mol. The number of nitrogens with two attached hydrogens (primary N) is 1. The van der Waals surface area contributed by atoms with Crippen LogP contribution in [0, 0.1) is 6.92 Å². The molecule has 0 aromatic carbocycles. The van der Waals surface area contributed by atoms with E-state index in [1.54, 1.807) is 0 Å². The first-order valence-electron chi connectivity index (χ1n) is 6.24. The number of piperazine rings is 1. The molecular weight excluding hydrogens is 214 g/mol. The number of aryl methyl sites for hydroxylation is 2. The van der Waals surface area contributed by atoms with Crippen molar-refractivity contribution in [3.05, 3.63) is 17.7 Å². The van der Waals surface area contributed by atoms with Crippen LogP contribution in [-0.4, -0.2) is 59.1 Å². The summed E-state index contributed by atoms with van der Waals surface area (Å²) in [6.07, 6.45) is 2.10. The molecule has 1 atom stereocenters. The maximum atomic E-state index is 5.93. The van der Waals surface area contributed by atoms with Gasteiger partial charge in [0.15, 0.2) is 0 Å². The lowest BCUT2D eigenvalue weighted by atomic mass is 10.1. The molecule has 0 aliphatic carbocycles. The van der Waals surface area contributed by atoms with Gasteiger partial charge in [-0.1, -0.05) is 0 Å². The van der Waals surface area contributed by atoms with Gasteiger partial charge >= 0.3 is 0 Å². The molecule has 17 heavy (non-hydrogen) atoms. The predicted octanol–water partition coefficient (Wildman–Crippen LogP) is -0.0243. The molecule has 0 bridgehead atoms. The van der Waals surface area contributed by atoms with E-state index in [9.17, 15) is 0 Å². The number of rotatable bonds is 3. The third-order valence-corrected chi connectivity index (χ3v) is 3.67. The van der Waals surface area contributed by atoms with Crippen molar-refractivity contribution >= 4 is 0 Å². The molecule has 2 heterocycles. The summed E-state index contributed by atoms with van der Waals surface area (Å²) in [7, 11) is 4.20. The second-order valence-electron chi connectivity index (χ2n) is 4.91. The molecule has 1 aliphatic heterocycles. The van der Waals surface area contributed by atoms with E-state index in [-0.39, 0.29) is 6.04 Å². The normalized spacial score (nSPS) is 20.7. The van der Waals surface area contributed by atoms with Gasteiger partial charge < -0.3 is 15.2 Å². The Hall–Kier alpha value is -0.910. The van der Waals surface area contributed by atoms with Crippen LogP contribution in [0.15, 0.2) is 6.20 Å². The van der Waals surface area contributed by atoms with Gasteiger partial charge in [-0.05, 0) is 14.0 Å². The number of hydrogen-bond donors (Lipinski definition) is 1. The molecule has 5 nitrogen and oxygen atoms in total. The van der Waals surface area contributed by atoms with Crippen LogP contribution >= 0.6 is 0 Å². The van der Waals surface area contributed by atoms with Crippen molar-refractivity contribution in [2.24, 2.45) is 12.8 Å². The highest BCUT2D eigenvalue weighted by molar-refractivity contribution is 5.09. The third kappa shape index (κ3) is 2.68. The Morgan fingerprint density at radius 3 is 2.41 bits per heavy atom. The zero-order valence-electron chi connectivity index (χ0n) is 11.1. The Balaban J connectivity index is 2.10. The quantitative estimate of drug-likeness (QED) is 0.802. The van der Waals surface area contributed by atoms with Crippen molar-refractivity contribution in [3.8, 4) is 0 Å². The Bertz CT molecular complexity index is 345. The van der Waals surface area contributed by atoms with Gasteiger partial charge in [0.2, 0.25) is 0 Å². The van der Waals surface area contributed by atoms with Gasteiger partial charge in [0.25, 0.3) is 0 Å². The zero-order chi connectivity index (χ0) is 12.4. The SMILES string of the molecule is Cc1nc(C(CN)N2CCN(C)CC2)cn1C. The molecule has 1 aromatic heterocycles. The van der Waals surface area contributed by atoms with Crippen LogP contribution in [0.2, 0.25) is 0 Å². The highest BCUT2D eigenvalue weighted by atomic mass is 15.3. The van der Waals surface area contributed by atoms with E-state index in [2.05, 4.69) is 32.6 Å². The molecule has 1 aromatic rings. The zero-order valence-corrected chi connectivity index (χ0v) is 11.1. The van der Waals surface area contributed by atoms with Crippen molar-refractivity contribution in [1.29, 1.82) is 0 Å². The van der Waals surface area contributed by atoms with E-state index in [1.807, 2.05) is 14.0 Å². The Labute approximate surface area is 103 Å². The van der Waals surface area contributed by atoms with Crippen LogP contribution in [0.1, 0.15) is 17.6 Å². The van der Waals surface area contributed by atoms with Crippen molar-refractivity contribution in [3.63, 3.8) is 0 Å². The molecule has 1 aliphatic rings. The van der Waals surface area contributed by atoms with E-state index in [4.69, 9.17) is 5.73 Å². The van der Waals surface area contributed by atoms with Crippen LogP contribution in [0.25, 0.3) is 0 Å². The van der Waals surface area contributed by atoms with Crippen LogP contribution in [0.3, 0.4) is 0 Å². The first-order chi connectivity index (χ1) is 8.11. The second kappa shape index (κ2) is 5.16. The van der Waals surface area contributed by atoms with Gasteiger partial charge in [-0.2, -0.15) is 0 Å². The summed E-state index contributed by atoms with van der Waals surface area (Å²) < 4.78 is 2.06. The Morgan fingerprint density at radius 2 is 1.94 bits per heavy atom. The van der Waals surface area contributed by atoms with Crippen LogP contribution < -0.4 is 5.73 Å². The molecule has 1 fully saturated rings. The van der Waals surface area contributed by atoms with E-state index >= 15 is 0 Å². The van der Waals surface area contributed by atoms with Crippen LogP contribution in [0.5, 0.6) is 0 Å². The average Bonchev–Trinajstić information content (AvgIpc) is 2.63. The summed E-state index contributed by atoms with van der Waals surface area (Å²) in [5.41, 5.74) is 7.03. The second-order valence-corrected chi connectivity index (χ2v) is 4.91. The van der Waals surface area contributed by atoms with Gasteiger partial charge in [-0.25, -0.2) is 4.98 Å². The monoisotopic (exact) mass is 237 g/mol. The van der Waals surface area contributed by atoms with Gasteiger partial charge in [0.1, 0.15) is 5.82 Å². The van der Waals surface area contributed by atoms with Crippen molar-refractivity contribution in [2.75, 3.05) is 39.8 Å². The number of imidazole rings is 1. The topological polar surface area (TPSA) is 50.3 Å².